The van der Waals surface area contributed by atoms with E-state index in [0.717, 1.165) is 24.7 Å². The summed E-state index contributed by atoms with van der Waals surface area (Å²) in [7, 11) is 0. The Labute approximate surface area is 110 Å². The summed E-state index contributed by atoms with van der Waals surface area (Å²) in [6.07, 6.45) is 3.88. The summed E-state index contributed by atoms with van der Waals surface area (Å²) in [6.45, 7) is 13.3. The van der Waals surface area contributed by atoms with E-state index in [-0.39, 0.29) is 0 Å². The molecule has 1 atom stereocenters. The van der Waals surface area contributed by atoms with E-state index in [0.29, 0.717) is 6.04 Å². The number of hydrogen-bond donors (Lipinski definition) is 0. The number of aromatic nitrogens is 3. The molecule has 100 valence electrons. The summed E-state index contributed by atoms with van der Waals surface area (Å²) >= 11 is 0. The summed E-state index contributed by atoms with van der Waals surface area (Å²) in [6, 6.07) is 0.579. The molecule has 0 aliphatic carbocycles. The average molecular weight is 248 g/mol. The van der Waals surface area contributed by atoms with E-state index in [1.165, 1.54) is 31.4 Å². The average Bonchev–Trinajstić information content (AvgIpc) is 2.59. The second-order valence-electron chi connectivity index (χ2n) is 5.47. The number of aryl methyl sites for hydroxylation is 2. The smallest absolute Gasteiger partial charge is 0.147 e. The maximum Gasteiger partial charge on any atom is 0.147 e. The maximum absolute atomic E-state index is 4.47. The van der Waals surface area contributed by atoms with Crippen molar-refractivity contribution < 1.29 is 0 Å². The van der Waals surface area contributed by atoms with Crippen LogP contribution in [0.25, 0.3) is 0 Å². The Morgan fingerprint density at radius 2 is 2.17 bits per heavy atom. The fraction of sp³-hybridized carbons (Fsp3) is 0.714. The Balaban J connectivity index is 2.05. The number of nitrogens with zero attached hydrogens (tertiary/aromatic N) is 4. The monoisotopic (exact) mass is 248 g/mol. The predicted molar refractivity (Wildman–Crippen MR) is 73.5 cm³/mol. The van der Waals surface area contributed by atoms with Crippen molar-refractivity contribution >= 4 is 0 Å². The van der Waals surface area contributed by atoms with Gasteiger partial charge in [-0.2, -0.15) is 5.10 Å². The van der Waals surface area contributed by atoms with E-state index >= 15 is 0 Å². The molecule has 0 spiro atoms. The first-order valence-electron chi connectivity index (χ1n) is 6.82. The van der Waals surface area contributed by atoms with E-state index in [4.69, 9.17) is 0 Å². The molecule has 0 amide bonds. The molecule has 0 N–H and O–H groups in total. The van der Waals surface area contributed by atoms with Crippen LogP contribution in [0.15, 0.2) is 12.2 Å². The van der Waals surface area contributed by atoms with Crippen LogP contribution in [-0.2, 0) is 6.54 Å². The molecule has 2 heterocycles. The summed E-state index contributed by atoms with van der Waals surface area (Å²) in [5, 5.41) is 4.47. The standard InChI is InChI=1S/C14H24N4/c1-11(2)9-17-8-6-5-7-14(17)10-18-13(4)15-12(3)16-18/h14H,1,5-10H2,2-4H3/t14-/m0/s1. The predicted octanol–water partition coefficient (Wildman–Crippen LogP) is 2.33. The van der Waals surface area contributed by atoms with E-state index in [1.807, 2.05) is 13.8 Å². The molecule has 4 nitrogen and oxygen atoms in total. The van der Waals surface area contributed by atoms with E-state index in [1.54, 1.807) is 0 Å². The van der Waals surface area contributed by atoms with Crippen LogP contribution < -0.4 is 0 Å². The molecule has 0 unspecified atom stereocenters. The van der Waals surface area contributed by atoms with Gasteiger partial charge in [-0.15, -0.1) is 0 Å². The third kappa shape index (κ3) is 3.19. The van der Waals surface area contributed by atoms with Crippen molar-refractivity contribution in [2.75, 3.05) is 13.1 Å². The van der Waals surface area contributed by atoms with Gasteiger partial charge in [-0.1, -0.05) is 18.6 Å². The molecule has 0 saturated carbocycles. The molecule has 18 heavy (non-hydrogen) atoms. The molecule has 4 heteroatoms. The fourth-order valence-electron chi connectivity index (χ4n) is 2.76. The molecule has 1 saturated heterocycles. The van der Waals surface area contributed by atoms with E-state index in [9.17, 15) is 0 Å². The molecule has 2 rings (SSSR count). The van der Waals surface area contributed by atoms with Gasteiger partial charge in [0.2, 0.25) is 0 Å². The fourth-order valence-corrected chi connectivity index (χ4v) is 2.76. The molecular weight excluding hydrogens is 224 g/mol. The van der Waals surface area contributed by atoms with E-state index < -0.39 is 0 Å². The highest BCUT2D eigenvalue weighted by Gasteiger charge is 2.23. The van der Waals surface area contributed by atoms with Crippen LogP contribution in [-0.4, -0.2) is 38.8 Å². The summed E-state index contributed by atoms with van der Waals surface area (Å²) in [5.41, 5.74) is 1.24. The van der Waals surface area contributed by atoms with E-state index in [2.05, 4.69) is 33.2 Å². The highest BCUT2D eigenvalue weighted by molar-refractivity contribution is 4.95. The molecule has 1 aromatic rings. The SMILES string of the molecule is C=C(C)CN1CCCC[C@H]1Cn1nc(C)nc1C. The third-order valence-corrected chi connectivity index (χ3v) is 3.57. The first-order chi connectivity index (χ1) is 8.56. The molecule has 0 aromatic carbocycles. The lowest BCUT2D eigenvalue weighted by atomic mass is 10.0. The molecular formula is C14H24N4. The number of piperidine rings is 1. The Morgan fingerprint density at radius 1 is 1.39 bits per heavy atom. The van der Waals surface area contributed by atoms with Crippen molar-refractivity contribution in [1.29, 1.82) is 0 Å². The Kier molecular flexibility index (Phi) is 4.17. The van der Waals surface area contributed by atoms with Crippen LogP contribution in [0.2, 0.25) is 0 Å². The zero-order valence-electron chi connectivity index (χ0n) is 11.8. The lowest BCUT2D eigenvalue weighted by Gasteiger charge is -2.35. The van der Waals surface area contributed by atoms with Gasteiger partial charge in [-0.05, 0) is 40.2 Å². The molecule has 1 aliphatic rings. The van der Waals surface area contributed by atoms with Crippen LogP contribution in [0.1, 0.15) is 37.8 Å². The number of rotatable bonds is 4. The summed E-state index contributed by atoms with van der Waals surface area (Å²) in [4.78, 5) is 6.92. The quantitative estimate of drug-likeness (QED) is 0.767. The molecule has 1 aromatic heterocycles. The van der Waals surface area contributed by atoms with Crippen molar-refractivity contribution in [2.45, 2.75) is 52.6 Å². The number of hydrogen-bond acceptors (Lipinski definition) is 3. The van der Waals surface area contributed by atoms with Gasteiger partial charge in [0.25, 0.3) is 0 Å². The van der Waals surface area contributed by atoms with Crippen LogP contribution in [0.3, 0.4) is 0 Å². The lowest BCUT2D eigenvalue weighted by Crippen LogP contribution is -2.43. The molecule has 1 fully saturated rings. The Bertz CT molecular complexity index is 421. The lowest BCUT2D eigenvalue weighted by molar-refractivity contribution is 0.141. The van der Waals surface area contributed by atoms with Crippen LogP contribution in [0, 0.1) is 13.8 Å². The van der Waals surface area contributed by atoms with Crippen LogP contribution >= 0.6 is 0 Å². The number of likely N-dealkylation sites (tertiary alicyclic amines) is 1. The minimum atomic E-state index is 0.579. The van der Waals surface area contributed by atoms with Gasteiger partial charge in [-0.3, -0.25) is 4.90 Å². The van der Waals surface area contributed by atoms with Crippen molar-refractivity contribution in [3.8, 4) is 0 Å². The highest BCUT2D eigenvalue weighted by atomic mass is 15.4. The first-order valence-corrected chi connectivity index (χ1v) is 6.82. The van der Waals surface area contributed by atoms with Gasteiger partial charge < -0.3 is 0 Å². The zero-order valence-corrected chi connectivity index (χ0v) is 11.8. The minimum Gasteiger partial charge on any atom is -0.295 e. The van der Waals surface area contributed by atoms with Gasteiger partial charge in [-0.25, -0.2) is 9.67 Å². The zero-order chi connectivity index (χ0) is 13.1. The van der Waals surface area contributed by atoms with Gasteiger partial charge in [0.05, 0.1) is 6.54 Å². The Hall–Kier alpha value is -1.16. The normalized spacial score (nSPS) is 21.2. The Morgan fingerprint density at radius 3 is 2.78 bits per heavy atom. The molecule has 0 radical (unpaired) electrons. The summed E-state index contributed by atoms with van der Waals surface area (Å²) in [5.74, 6) is 1.89. The van der Waals surface area contributed by atoms with Gasteiger partial charge in [0.15, 0.2) is 0 Å². The first kappa shape index (κ1) is 13.3. The largest absolute Gasteiger partial charge is 0.295 e. The van der Waals surface area contributed by atoms with Crippen molar-refractivity contribution in [3.05, 3.63) is 23.8 Å². The summed E-state index contributed by atoms with van der Waals surface area (Å²) < 4.78 is 2.05. The van der Waals surface area contributed by atoms with Crippen LogP contribution in [0.5, 0.6) is 0 Å². The maximum atomic E-state index is 4.47. The van der Waals surface area contributed by atoms with Crippen molar-refractivity contribution in [3.63, 3.8) is 0 Å². The van der Waals surface area contributed by atoms with Crippen molar-refractivity contribution in [1.82, 2.24) is 19.7 Å². The molecule has 1 aliphatic heterocycles. The second-order valence-corrected chi connectivity index (χ2v) is 5.47. The second kappa shape index (κ2) is 5.65. The van der Waals surface area contributed by atoms with Gasteiger partial charge in [0, 0.05) is 12.6 Å². The van der Waals surface area contributed by atoms with Crippen molar-refractivity contribution in [2.24, 2.45) is 0 Å². The van der Waals surface area contributed by atoms with Gasteiger partial charge in [0.1, 0.15) is 11.6 Å². The van der Waals surface area contributed by atoms with Gasteiger partial charge >= 0.3 is 0 Å². The highest BCUT2D eigenvalue weighted by Crippen LogP contribution is 2.19. The third-order valence-electron chi connectivity index (χ3n) is 3.57. The topological polar surface area (TPSA) is 34.0 Å². The van der Waals surface area contributed by atoms with Crippen LogP contribution in [0.4, 0.5) is 0 Å². The molecule has 0 bridgehead atoms. The minimum absolute atomic E-state index is 0.579.